The van der Waals surface area contributed by atoms with Gasteiger partial charge in [0.05, 0.1) is 0 Å². The predicted octanol–water partition coefficient (Wildman–Crippen LogP) is -1.23. The molecule has 378 valence electrons. The van der Waals surface area contributed by atoms with Crippen molar-refractivity contribution in [3.05, 3.63) is 65.9 Å². The summed E-state index contributed by atoms with van der Waals surface area (Å²) in [6.45, 7) is 5.66. The van der Waals surface area contributed by atoms with Crippen LogP contribution in [0.4, 0.5) is 0 Å². The van der Waals surface area contributed by atoms with Gasteiger partial charge in [0, 0.05) is 50.0 Å². The zero-order chi connectivity index (χ0) is 51.0. The second kappa shape index (κ2) is 28.7. The molecule has 20 N–H and O–H groups in total. The number of carbonyl (C=O) groups is 7. The molecule has 1 heterocycles. The molecule has 0 unspecified atom stereocenters. The van der Waals surface area contributed by atoms with Gasteiger partial charge >= 0.3 is 0 Å². The molecule has 0 saturated carbocycles. The fourth-order valence-electron chi connectivity index (χ4n) is 7.49. The molecule has 3 aromatic rings. The van der Waals surface area contributed by atoms with E-state index in [1.807, 2.05) is 38.1 Å². The minimum absolute atomic E-state index is 0.00796. The number of aromatic amines is 1. The summed E-state index contributed by atoms with van der Waals surface area (Å²) < 4.78 is 0. The number of rotatable bonds is 30. The van der Waals surface area contributed by atoms with Crippen molar-refractivity contribution in [3.63, 3.8) is 0 Å². The van der Waals surface area contributed by atoms with Crippen molar-refractivity contribution in [2.24, 2.45) is 28.9 Å². The average Bonchev–Trinajstić information content (AvgIpc) is 3.69. The van der Waals surface area contributed by atoms with E-state index in [9.17, 15) is 38.7 Å². The topological polar surface area (TPSA) is 404 Å². The summed E-state index contributed by atoms with van der Waals surface area (Å²) in [4.78, 5) is 98.7. The van der Waals surface area contributed by atoms with E-state index in [0.717, 1.165) is 10.9 Å². The summed E-state index contributed by atoms with van der Waals surface area (Å²) in [5.74, 6) is -5.77. The largest absolute Gasteiger partial charge is 0.508 e. The summed E-state index contributed by atoms with van der Waals surface area (Å²) >= 11 is 0. The van der Waals surface area contributed by atoms with Crippen LogP contribution in [0.5, 0.6) is 5.75 Å². The zero-order valence-corrected chi connectivity index (χ0v) is 39.5. The highest BCUT2D eigenvalue weighted by Crippen LogP contribution is 2.20. The lowest BCUT2D eigenvalue weighted by Gasteiger charge is -2.28. The molecule has 23 heteroatoms. The van der Waals surface area contributed by atoms with E-state index in [2.05, 4.69) is 47.5 Å². The molecule has 0 aliphatic carbocycles. The number of phenols is 1. The van der Waals surface area contributed by atoms with Gasteiger partial charge in [0.2, 0.25) is 41.4 Å². The summed E-state index contributed by atoms with van der Waals surface area (Å²) in [6.07, 6.45) is 3.63. The van der Waals surface area contributed by atoms with Gasteiger partial charge in [0.25, 0.3) is 0 Å². The maximum absolute atomic E-state index is 14.5. The number of hydrogen-bond acceptors (Lipinski definition) is 11. The molecule has 3 rings (SSSR count). The normalized spacial score (nSPS) is 13.6. The summed E-state index contributed by atoms with van der Waals surface area (Å²) in [7, 11) is 0. The van der Waals surface area contributed by atoms with Crippen LogP contribution in [0.25, 0.3) is 10.9 Å². The highest BCUT2D eigenvalue weighted by atomic mass is 16.3. The molecular weight excluding hydrogens is 891 g/mol. The Bertz CT molecular complexity index is 2220. The number of unbranched alkanes of at least 4 members (excludes halogenated alkanes) is 1. The predicted molar refractivity (Wildman–Crippen MR) is 261 cm³/mol. The van der Waals surface area contributed by atoms with Crippen molar-refractivity contribution in [2.45, 2.75) is 121 Å². The third kappa shape index (κ3) is 20.1. The van der Waals surface area contributed by atoms with Gasteiger partial charge in [-0.25, -0.2) is 0 Å². The second-order valence-electron chi connectivity index (χ2n) is 17.3. The molecule has 2 aromatic carbocycles. The van der Waals surface area contributed by atoms with Crippen LogP contribution in [0.1, 0.15) is 83.3 Å². The van der Waals surface area contributed by atoms with E-state index >= 15 is 0 Å². The van der Waals surface area contributed by atoms with Crippen LogP contribution in [-0.4, -0.2) is 119 Å². The number of guanidine groups is 2. The Labute approximate surface area is 401 Å². The number of aromatic hydroxyl groups is 1. The molecule has 0 bridgehead atoms. The first kappa shape index (κ1) is 55.9. The van der Waals surface area contributed by atoms with Crippen LogP contribution >= 0.6 is 0 Å². The highest BCUT2D eigenvalue weighted by Gasteiger charge is 2.34. The quantitative estimate of drug-likeness (QED) is 0.0212. The van der Waals surface area contributed by atoms with Crippen LogP contribution in [-0.2, 0) is 46.4 Å². The summed E-state index contributed by atoms with van der Waals surface area (Å²) in [5.41, 5.74) is 24.1. The number of nitrogens with two attached hydrogens (primary N) is 4. The number of primary amides is 1. The van der Waals surface area contributed by atoms with Crippen molar-refractivity contribution in [1.29, 1.82) is 10.8 Å². The Balaban J connectivity index is 1.97. The number of amides is 7. The van der Waals surface area contributed by atoms with E-state index in [1.165, 1.54) is 19.1 Å². The van der Waals surface area contributed by atoms with Crippen molar-refractivity contribution in [1.82, 2.24) is 47.5 Å². The average molecular weight is 962 g/mol. The fourth-order valence-corrected chi connectivity index (χ4v) is 7.49. The van der Waals surface area contributed by atoms with Crippen LogP contribution < -0.4 is 65.5 Å². The van der Waals surface area contributed by atoms with E-state index in [0.29, 0.717) is 36.9 Å². The molecule has 6 atom stereocenters. The van der Waals surface area contributed by atoms with E-state index in [-0.39, 0.29) is 81.6 Å². The van der Waals surface area contributed by atoms with Crippen LogP contribution in [0.2, 0.25) is 0 Å². The molecule has 7 amide bonds. The number of carbonyl (C=O) groups excluding carboxylic acids is 7. The molecule has 1 aromatic heterocycles. The molecule has 0 aliphatic rings. The minimum Gasteiger partial charge on any atom is -0.508 e. The SMILES string of the molecule is CC(=O)N[C@@H](CCCNC(=N)N)C(=O)N[C@@H](CCCNC(=N)N)C(=O)N[C@@H](Cc1ccc(O)cc1)C(=O)N[C@@H](CC(C)C)C(=O)N[C@@H](Cc1c[nH]c2ccccc12)C(=O)N[C@@H](CCCCN)C(N)=O. The molecular formula is C46H71N15O8. The van der Waals surface area contributed by atoms with Gasteiger partial charge in [0.1, 0.15) is 42.0 Å². The van der Waals surface area contributed by atoms with Crippen molar-refractivity contribution >= 4 is 64.2 Å². The van der Waals surface area contributed by atoms with Gasteiger partial charge in [-0.05, 0) is 93.2 Å². The maximum atomic E-state index is 14.5. The molecule has 0 radical (unpaired) electrons. The van der Waals surface area contributed by atoms with E-state index < -0.39 is 77.6 Å². The maximum Gasteiger partial charge on any atom is 0.243 e. The fraction of sp³-hybridized carbons (Fsp3) is 0.500. The number of phenolic OH excluding ortho intramolecular Hbond substituents is 1. The standard InChI is InChI=1S/C46H71N15O8/c1-26(2)22-36(42(67)61-38(24-29-25-55-32-11-5-4-10-31(29)32)44(69)57-33(39(48)64)12-6-7-19-47)59-43(68)37(23-28-15-17-30(63)18-16-28)60-41(66)35(14-9-21-54-46(51)52)58-40(65)34(56-27(3)62)13-8-20-53-45(49)50/h4-5,10-11,15-18,25-26,33-38,55,63H,6-9,12-14,19-24,47H2,1-3H3,(H2,48,64)(H,56,62)(H,57,69)(H,58,65)(H,59,68)(H,60,66)(H,61,67)(H4,49,50,53)(H4,51,52,54)/t33-,34-,35-,36-,37-,38-/m0/s1. The second-order valence-corrected chi connectivity index (χ2v) is 17.3. The number of hydrogen-bond donors (Lipinski definition) is 16. The first-order chi connectivity index (χ1) is 32.8. The van der Waals surface area contributed by atoms with Gasteiger partial charge in [-0.15, -0.1) is 0 Å². The third-order valence-corrected chi connectivity index (χ3v) is 11.0. The monoisotopic (exact) mass is 962 g/mol. The Morgan fingerprint density at radius 1 is 0.609 bits per heavy atom. The number of para-hydroxylation sites is 1. The van der Waals surface area contributed by atoms with Gasteiger partial charge in [0.15, 0.2) is 11.9 Å². The minimum atomic E-state index is -1.38. The number of aromatic nitrogens is 1. The summed E-state index contributed by atoms with van der Waals surface area (Å²) in [6, 6.07) is 6.00. The van der Waals surface area contributed by atoms with Crippen LogP contribution in [0.3, 0.4) is 0 Å². The summed E-state index contributed by atoms with van der Waals surface area (Å²) in [5, 5.41) is 47.3. The van der Waals surface area contributed by atoms with Crippen molar-refractivity contribution in [3.8, 4) is 5.75 Å². The number of benzene rings is 2. The van der Waals surface area contributed by atoms with Crippen molar-refractivity contribution in [2.75, 3.05) is 19.6 Å². The third-order valence-electron chi connectivity index (χ3n) is 11.0. The van der Waals surface area contributed by atoms with E-state index in [1.54, 1.807) is 18.3 Å². The van der Waals surface area contributed by atoms with Gasteiger partial charge in [-0.2, -0.15) is 0 Å². The Kier molecular flexibility index (Phi) is 23.2. The number of H-pyrrole nitrogens is 1. The number of nitrogens with one attached hydrogen (secondary N) is 11. The molecule has 69 heavy (non-hydrogen) atoms. The Morgan fingerprint density at radius 3 is 1.62 bits per heavy atom. The first-order valence-electron chi connectivity index (χ1n) is 23.0. The van der Waals surface area contributed by atoms with Gasteiger partial charge in [-0.1, -0.05) is 44.2 Å². The van der Waals surface area contributed by atoms with Crippen LogP contribution in [0.15, 0.2) is 54.7 Å². The molecule has 0 spiro atoms. The first-order valence-corrected chi connectivity index (χ1v) is 23.0. The van der Waals surface area contributed by atoms with Crippen molar-refractivity contribution < 1.29 is 38.7 Å². The lowest BCUT2D eigenvalue weighted by atomic mass is 9.99. The Morgan fingerprint density at radius 2 is 1.09 bits per heavy atom. The van der Waals surface area contributed by atoms with Gasteiger partial charge < -0.3 is 75.6 Å². The van der Waals surface area contributed by atoms with E-state index in [4.69, 9.17) is 33.8 Å². The van der Waals surface area contributed by atoms with Gasteiger partial charge in [-0.3, -0.25) is 44.4 Å². The zero-order valence-electron chi connectivity index (χ0n) is 39.5. The molecule has 0 saturated heterocycles. The van der Waals surface area contributed by atoms with Crippen LogP contribution in [0, 0.1) is 16.7 Å². The molecule has 23 nitrogen and oxygen atoms in total. The lowest BCUT2D eigenvalue weighted by molar-refractivity contribution is -0.135. The highest BCUT2D eigenvalue weighted by molar-refractivity contribution is 5.97. The molecule has 0 fully saturated rings. The Hall–Kier alpha value is -7.43. The lowest BCUT2D eigenvalue weighted by Crippen LogP contribution is -2.60. The number of fused-ring (bicyclic) bond motifs is 1. The smallest absolute Gasteiger partial charge is 0.243 e. The molecule has 0 aliphatic heterocycles.